The lowest BCUT2D eigenvalue weighted by Gasteiger charge is -2.26. The van der Waals surface area contributed by atoms with E-state index < -0.39 is 10.8 Å². The average Bonchev–Trinajstić information content (AvgIpc) is 2.78. The number of non-ortho nitro benzene ring substituents is 1. The highest BCUT2D eigenvalue weighted by Gasteiger charge is 2.19. The Balaban J connectivity index is 1.60. The molecule has 3 rings (SSSR count). The van der Waals surface area contributed by atoms with Gasteiger partial charge in [-0.2, -0.15) is 0 Å². The number of morpholine rings is 1. The lowest BCUT2D eigenvalue weighted by Crippen LogP contribution is -2.42. The van der Waals surface area contributed by atoms with E-state index in [1.165, 1.54) is 19.2 Å². The molecule has 0 bridgehead atoms. The van der Waals surface area contributed by atoms with Crippen molar-refractivity contribution in [3.05, 3.63) is 58.1 Å². The topological polar surface area (TPSA) is 120 Å². The molecule has 1 aliphatic heterocycles. The van der Waals surface area contributed by atoms with Crippen molar-refractivity contribution in [2.75, 3.05) is 45.3 Å². The molecule has 0 spiro atoms. The highest BCUT2D eigenvalue weighted by Crippen LogP contribution is 2.25. The van der Waals surface area contributed by atoms with Crippen LogP contribution in [-0.2, 0) is 9.53 Å². The third kappa shape index (κ3) is 5.23. The molecule has 1 fully saturated rings. The number of methoxy groups -OCH3 is 1. The molecule has 0 unspecified atom stereocenters. The van der Waals surface area contributed by atoms with E-state index in [0.29, 0.717) is 37.7 Å². The first-order valence-corrected chi connectivity index (χ1v) is 9.20. The Kier molecular flexibility index (Phi) is 6.81. The standard InChI is InChI=1S/C20H21N3O7/c1-28-18-7-4-15(23(26)27)12-17(18)20(25)21-14-2-5-16(6-3-14)30-13-19(24)22-8-10-29-11-9-22/h2-7,12H,8-11,13H2,1H3,(H,21,25). The van der Waals surface area contributed by atoms with Gasteiger partial charge >= 0.3 is 0 Å². The van der Waals surface area contributed by atoms with Crippen molar-refractivity contribution >= 4 is 23.2 Å². The van der Waals surface area contributed by atoms with Crippen molar-refractivity contribution in [3.8, 4) is 11.5 Å². The van der Waals surface area contributed by atoms with E-state index in [0.717, 1.165) is 6.07 Å². The van der Waals surface area contributed by atoms with Gasteiger partial charge in [0.05, 0.1) is 30.8 Å². The molecule has 0 saturated carbocycles. The second-order valence-electron chi connectivity index (χ2n) is 6.40. The summed E-state index contributed by atoms with van der Waals surface area (Å²) in [4.78, 5) is 36.7. The molecule has 158 valence electrons. The quantitative estimate of drug-likeness (QED) is 0.543. The second kappa shape index (κ2) is 9.70. The molecular formula is C20H21N3O7. The second-order valence-corrected chi connectivity index (χ2v) is 6.40. The molecule has 1 aliphatic rings. The number of nitrogens with one attached hydrogen (secondary N) is 1. The zero-order valence-electron chi connectivity index (χ0n) is 16.3. The lowest BCUT2D eigenvalue weighted by molar-refractivity contribution is -0.384. The summed E-state index contributed by atoms with van der Waals surface area (Å²) in [5.74, 6) is 0.0300. The van der Waals surface area contributed by atoms with Crippen LogP contribution in [-0.4, -0.2) is 61.7 Å². The van der Waals surface area contributed by atoms with Crippen LogP contribution in [0.5, 0.6) is 11.5 Å². The van der Waals surface area contributed by atoms with Gasteiger partial charge in [0.15, 0.2) is 6.61 Å². The molecule has 0 aliphatic carbocycles. The number of ether oxygens (including phenoxy) is 3. The Morgan fingerprint density at radius 3 is 2.50 bits per heavy atom. The molecule has 0 radical (unpaired) electrons. The molecule has 1 heterocycles. The molecule has 0 atom stereocenters. The number of carbonyl (C=O) groups is 2. The zero-order chi connectivity index (χ0) is 21.5. The molecule has 1 N–H and O–H groups in total. The predicted octanol–water partition coefficient (Wildman–Crippen LogP) is 2.09. The summed E-state index contributed by atoms with van der Waals surface area (Å²) in [5.41, 5.74) is 0.290. The van der Waals surface area contributed by atoms with Crippen LogP contribution in [0.4, 0.5) is 11.4 Å². The van der Waals surface area contributed by atoms with E-state index in [4.69, 9.17) is 14.2 Å². The highest BCUT2D eigenvalue weighted by molar-refractivity contribution is 6.06. The van der Waals surface area contributed by atoms with Gasteiger partial charge in [-0.15, -0.1) is 0 Å². The number of nitro benzene ring substituents is 1. The molecule has 30 heavy (non-hydrogen) atoms. The van der Waals surface area contributed by atoms with Crippen molar-refractivity contribution < 1.29 is 28.7 Å². The van der Waals surface area contributed by atoms with E-state index in [9.17, 15) is 19.7 Å². The van der Waals surface area contributed by atoms with Gasteiger partial charge in [0.2, 0.25) is 0 Å². The first-order chi connectivity index (χ1) is 14.5. The maximum absolute atomic E-state index is 12.5. The fourth-order valence-electron chi connectivity index (χ4n) is 2.87. The van der Waals surface area contributed by atoms with Gasteiger partial charge in [0.25, 0.3) is 17.5 Å². The van der Waals surface area contributed by atoms with Crippen molar-refractivity contribution in [2.24, 2.45) is 0 Å². The van der Waals surface area contributed by atoms with Crippen LogP contribution in [0.15, 0.2) is 42.5 Å². The number of rotatable bonds is 7. The molecule has 10 nitrogen and oxygen atoms in total. The number of nitrogens with zero attached hydrogens (tertiary/aromatic N) is 2. The van der Waals surface area contributed by atoms with Crippen LogP contribution in [0.25, 0.3) is 0 Å². The van der Waals surface area contributed by atoms with Crippen molar-refractivity contribution in [1.82, 2.24) is 4.90 Å². The molecule has 1 saturated heterocycles. The summed E-state index contributed by atoms with van der Waals surface area (Å²) in [6.45, 7) is 2.06. The molecular weight excluding hydrogens is 394 g/mol. The van der Waals surface area contributed by atoms with Gasteiger partial charge in [-0.3, -0.25) is 19.7 Å². The summed E-state index contributed by atoms with van der Waals surface area (Å²) >= 11 is 0. The number of anilines is 1. The number of hydrogen-bond donors (Lipinski definition) is 1. The fourth-order valence-corrected chi connectivity index (χ4v) is 2.87. The maximum atomic E-state index is 12.5. The molecule has 2 aromatic carbocycles. The van der Waals surface area contributed by atoms with E-state index in [1.54, 1.807) is 29.2 Å². The van der Waals surface area contributed by atoms with Crippen LogP contribution >= 0.6 is 0 Å². The molecule has 2 amide bonds. The summed E-state index contributed by atoms with van der Waals surface area (Å²) in [5, 5.41) is 13.6. The van der Waals surface area contributed by atoms with Gasteiger partial charge in [-0.05, 0) is 30.3 Å². The van der Waals surface area contributed by atoms with Crippen LogP contribution in [0, 0.1) is 10.1 Å². The third-order valence-corrected chi connectivity index (χ3v) is 4.48. The average molecular weight is 415 g/mol. The fraction of sp³-hybridized carbons (Fsp3) is 0.300. The summed E-state index contributed by atoms with van der Waals surface area (Å²) < 4.78 is 15.8. The third-order valence-electron chi connectivity index (χ3n) is 4.48. The van der Waals surface area contributed by atoms with E-state index in [1.807, 2.05) is 0 Å². The maximum Gasteiger partial charge on any atom is 0.270 e. The summed E-state index contributed by atoms with van der Waals surface area (Å²) in [6, 6.07) is 10.2. The first kappa shape index (κ1) is 21.1. The summed E-state index contributed by atoms with van der Waals surface area (Å²) in [6.07, 6.45) is 0. The number of nitro groups is 1. The molecule has 10 heteroatoms. The minimum absolute atomic E-state index is 0.0446. The van der Waals surface area contributed by atoms with Crippen LogP contribution in [0.3, 0.4) is 0 Å². The molecule has 0 aromatic heterocycles. The number of hydrogen-bond acceptors (Lipinski definition) is 7. The monoisotopic (exact) mass is 415 g/mol. The van der Waals surface area contributed by atoms with Crippen LogP contribution in [0.1, 0.15) is 10.4 Å². The highest BCUT2D eigenvalue weighted by atomic mass is 16.6. The number of carbonyl (C=O) groups excluding carboxylic acids is 2. The van der Waals surface area contributed by atoms with Crippen LogP contribution < -0.4 is 14.8 Å². The predicted molar refractivity (Wildman–Crippen MR) is 107 cm³/mol. The first-order valence-electron chi connectivity index (χ1n) is 9.20. The molecule has 2 aromatic rings. The Bertz CT molecular complexity index is 924. The minimum Gasteiger partial charge on any atom is -0.496 e. The minimum atomic E-state index is -0.583. The number of amides is 2. The SMILES string of the molecule is COc1ccc([N+](=O)[O-])cc1C(=O)Nc1ccc(OCC(=O)N2CCOCC2)cc1. The largest absolute Gasteiger partial charge is 0.496 e. The zero-order valence-corrected chi connectivity index (χ0v) is 16.3. The normalized spacial score (nSPS) is 13.4. The Labute approximate surface area is 172 Å². The van der Waals surface area contributed by atoms with Crippen molar-refractivity contribution in [2.45, 2.75) is 0 Å². The Morgan fingerprint density at radius 1 is 1.17 bits per heavy atom. The van der Waals surface area contributed by atoms with Crippen molar-refractivity contribution in [3.63, 3.8) is 0 Å². The van der Waals surface area contributed by atoms with Crippen LogP contribution in [0.2, 0.25) is 0 Å². The Morgan fingerprint density at radius 2 is 1.87 bits per heavy atom. The van der Waals surface area contributed by atoms with Gasteiger partial charge in [-0.1, -0.05) is 0 Å². The van der Waals surface area contributed by atoms with Gasteiger partial charge < -0.3 is 24.4 Å². The Hall–Kier alpha value is -3.66. The van der Waals surface area contributed by atoms with E-state index in [2.05, 4.69) is 5.32 Å². The smallest absolute Gasteiger partial charge is 0.270 e. The van der Waals surface area contributed by atoms with Gasteiger partial charge in [-0.25, -0.2) is 0 Å². The van der Waals surface area contributed by atoms with Crippen molar-refractivity contribution in [1.29, 1.82) is 0 Å². The lowest BCUT2D eigenvalue weighted by atomic mass is 10.1. The summed E-state index contributed by atoms with van der Waals surface area (Å²) in [7, 11) is 1.38. The van der Waals surface area contributed by atoms with Gasteiger partial charge in [0, 0.05) is 30.9 Å². The van der Waals surface area contributed by atoms with E-state index in [-0.39, 0.29) is 29.5 Å². The van der Waals surface area contributed by atoms with E-state index >= 15 is 0 Å². The number of benzene rings is 2. The van der Waals surface area contributed by atoms with Gasteiger partial charge in [0.1, 0.15) is 11.5 Å².